The van der Waals surface area contributed by atoms with Gasteiger partial charge in [0.15, 0.2) is 17.1 Å². The molecule has 0 bridgehead atoms. The average molecular weight is 463 g/mol. The molecule has 0 saturated carbocycles. The van der Waals surface area contributed by atoms with Crippen LogP contribution in [0.25, 0.3) is 0 Å². The van der Waals surface area contributed by atoms with Gasteiger partial charge in [0.25, 0.3) is 0 Å². The molecule has 1 amide bonds. The molecule has 1 unspecified atom stereocenters. The molecule has 0 radical (unpaired) electrons. The number of hydrogen-bond donors (Lipinski definition) is 1. The molecule has 1 N–H and O–H groups in total. The molecular weight excluding hydrogens is 443 g/mol. The van der Waals surface area contributed by atoms with E-state index in [0.29, 0.717) is 39.0 Å². The zero-order chi connectivity index (χ0) is 21.5. The number of anilines is 1. The highest BCUT2D eigenvalue weighted by atomic mass is 35.5. The van der Waals surface area contributed by atoms with Crippen LogP contribution < -0.4 is 10.1 Å². The fourth-order valence-corrected chi connectivity index (χ4v) is 3.80. The topological polar surface area (TPSA) is 69.0 Å². The number of halogens is 2. The van der Waals surface area contributed by atoms with Crippen LogP contribution >= 0.6 is 35.0 Å². The fraction of sp³-hybridized carbons (Fsp3) is 0.190. The van der Waals surface area contributed by atoms with Crippen molar-refractivity contribution in [2.45, 2.75) is 24.7 Å². The predicted molar refractivity (Wildman–Crippen MR) is 122 cm³/mol. The van der Waals surface area contributed by atoms with Gasteiger partial charge in [0.05, 0.1) is 16.5 Å². The molecule has 1 aromatic heterocycles. The Labute approximate surface area is 189 Å². The maximum Gasteiger partial charge on any atom is 0.234 e. The molecule has 1 atom stereocenters. The molecule has 0 spiro atoms. The number of hydrogen-bond acceptors (Lipinski definition) is 5. The second-order valence-corrected chi connectivity index (χ2v) is 8.06. The third-order valence-corrected chi connectivity index (χ3v) is 5.54. The zero-order valence-electron chi connectivity index (χ0n) is 16.2. The first-order chi connectivity index (χ1) is 14.5. The number of rotatable bonds is 9. The SMILES string of the molecule is C=CCn1c(SCC(=O)Nc2ccccc2Cl)nnc1C(C)Oc1cccc(Cl)c1. The summed E-state index contributed by atoms with van der Waals surface area (Å²) < 4.78 is 7.82. The second kappa shape index (κ2) is 10.5. The van der Waals surface area contributed by atoms with E-state index in [4.69, 9.17) is 27.9 Å². The summed E-state index contributed by atoms with van der Waals surface area (Å²) in [4.78, 5) is 12.3. The second-order valence-electron chi connectivity index (χ2n) is 6.27. The molecule has 3 aromatic rings. The summed E-state index contributed by atoms with van der Waals surface area (Å²) in [5.41, 5.74) is 0.571. The lowest BCUT2D eigenvalue weighted by molar-refractivity contribution is -0.113. The first-order valence-corrected chi connectivity index (χ1v) is 10.9. The van der Waals surface area contributed by atoms with Gasteiger partial charge in [-0.25, -0.2) is 0 Å². The van der Waals surface area contributed by atoms with Crippen LogP contribution in [0, 0.1) is 0 Å². The number of thioether (sulfide) groups is 1. The number of amides is 1. The lowest BCUT2D eigenvalue weighted by Gasteiger charge is -2.16. The number of allylic oxidation sites excluding steroid dienone is 1. The number of benzene rings is 2. The maximum atomic E-state index is 12.3. The largest absolute Gasteiger partial charge is 0.483 e. The number of aromatic nitrogens is 3. The monoisotopic (exact) mass is 462 g/mol. The normalized spacial score (nSPS) is 11.7. The van der Waals surface area contributed by atoms with Crippen molar-refractivity contribution < 1.29 is 9.53 Å². The van der Waals surface area contributed by atoms with Gasteiger partial charge < -0.3 is 10.1 Å². The molecule has 30 heavy (non-hydrogen) atoms. The Morgan fingerprint density at radius 1 is 1.27 bits per heavy atom. The summed E-state index contributed by atoms with van der Waals surface area (Å²) in [6, 6.07) is 14.2. The van der Waals surface area contributed by atoms with Gasteiger partial charge in [0.2, 0.25) is 5.91 Å². The Bertz CT molecular complexity index is 1040. The third-order valence-electron chi connectivity index (χ3n) is 4.01. The van der Waals surface area contributed by atoms with Gasteiger partial charge in [-0.1, -0.05) is 59.2 Å². The van der Waals surface area contributed by atoms with E-state index in [2.05, 4.69) is 22.1 Å². The van der Waals surface area contributed by atoms with Gasteiger partial charge in [0.1, 0.15) is 5.75 Å². The number of ether oxygens (including phenoxy) is 1. The van der Waals surface area contributed by atoms with Crippen LogP contribution in [-0.2, 0) is 11.3 Å². The Hall–Kier alpha value is -2.48. The van der Waals surface area contributed by atoms with Crippen molar-refractivity contribution in [1.82, 2.24) is 14.8 Å². The van der Waals surface area contributed by atoms with E-state index in [0.717, 1.165) is 0 Å². The maximum absolute atomic E-state index is 12.3. The van der Waals surface area contributed by atoms with Gasteiger partial charge in [0, 0.05) is 11.6 Å². The summed E-state index contributed by atoms with van der Waals surface area (Å²) in [7, 11) is 0. The lowest BCUT2D eigenvalue weighted by atomic mass is 10.3. The summed E-state index contributed by atoms with van der Waals surface area (Å²) in [6.45, 7) is 6.16. The first-order valence-electron chi connectivity index (χ1n) is 9.11. The number of nitrogens with one attached hydrogen (secondary N) is 1. The van der Waals surface area contributed by atoms with E-state index in [1.54, 1.807) is 36.4 Å². The van der Waals surface area contributed by atoms with Crippen LogP contribution in [0.1, 0.15) is 18.9 Å². The van der Waals surface area contributed by atoms with Crippen molar-refractivity contribution in [2.24, 2.45) is 0 Å². The number of carbonyl (C=O) groups excluding carboxylic acids is 1. The van der Waals surface area contributed by atoms with E-state index >= 15 is 0 Å². The van der Waals surface area contributed by atoms with Crippen molar-refractivity contribution in [3.05, 3.63) is 77.1 Å². The van der Waals surface area contributed by atoms with Crippen molar-refractivity contribution in [3.63, 3.8) is 0 Å². The van der Waals surface area contributed by atoms with Gasteiger partial charge in [-0.3, -0.25) is 9.36 Å². The van der Waals surface area contributed by atoms with Crippen molar-refractivity contribution in [1.29, 1.82) is 0 Å². The highest BCUT2D eigenvalue weighted by molar-refractivity contribution is 7.99. The zero-order valence-corrected chi connectivity index (χ0v) is 18.5. The lowest BCUT2D eigenvalue weighted by Crippen LogP contribution is -2.15. The molecule has 0 aliphatic carbocycles. The average Bonchev–Trinajstić information content (AvgIpc) is 3.11. The minimum absolute atomic E-state index is 0.157. The van der Waals surface area contributed by atoms with Crippen molar-refractivity contribution >= 4 is 46.6 Å². The quantitative estimate of drug-likeness (QED) is 0.329. The van der Waals surface area contributed by atoms with E-state index < -0.39 is 0 Å². The minimum atomic E-state index is -0.373. The third kappa shape index (κ3) is 5.78. The van der Waals surface area contributed by atoms with Crippen LogP contribution in [0.3, 0.4) is 0 Å². The Kier molecular flexibility index (Phi) is 7.79. The number of carbonyl (C=O) groups is 1. The van der Waals surface area contributed by atoms with E-state index in [1.807, 2.05) is 29.7 Å². The fourth-order valence-electron chi connectivity index (χ4n) is 2.68. The summed E-state index contributed by atoms with van der Waals surface area (Å²) >= 11 is 13.4. The van der Waals surface area contributed by atoms with Crippen LogP contribution in [-0.4, -0.2) is 26.4 Å². The summed E-state index contributed by atoms with van der Waals surface area (Å²) in [6.07, 6.45) is 1.37. The highest BCUT2D eigenvalue weighted by Crippen LogP contribution is 2.27. The smallest absolute Gasteiger partial charge is 0.234 e. The van der Waals surface area contributed by atoms with E-state index in [9.17, 15) is 4.79 Å². The Balaban J connectivity index is 1.68. The van der Waals surface area contributed by atoms with E-state index in [-0.39, 0.29) is 17.8 Å². The molecule has 3 rings (SSSR count). The Morgan fingerprint density at radius 3 is 2.80 bits per heavy atom. The van der Waals surface area contributed by atoms with Crippen LogP contribution in [0.2, 0.25) is 10.0 Å². The molecule has 1 heterocycles. The number of nitrogens with zero attached hydrogens (tertiary/aromatic N) is 3. The van der Waals surface area contributed by atoms with E-state index in [1.165, 1.54) is 11.8 Å². The highest BCUT2D eigenvalue weighted by Gasteiger charge is 2.20. The molecule has 2 aromatic carbocycles. The summed E-state index contributed by atoms with van der Waals surface area (Å²) in [5, 5.41) is 13.0. The van der Waals surface area contributed by atoms with Crippen molar-refractivity contribution in [3.8, 4) is 5.75 Å². The van der Waals surface area contributed by atoms with Gasteiger partial charge in [-0.15, -0.1) is 16.8 Å². The van der Waals surface area contributed by atoms with Crippen LogP contribution in [0.15, 0.2) is 66.3 Å². The molecular formula is C21H20Cl2N4O2S. The predicted octanol–water partition coefficient (Wildman–Crippen LogP) is 5.64. The summed E-state index contributed by atoms with van der Waals surface area (Å²) in [5.74, 6) is 1.23. The van der Waals surface area contributed by atoms with Crippen molar-refractivity contribution in [2.75, 3.05) is 11.1 Å². The molecule has 6 nitrogen and oxygen atoms in total. The molecule has 9 heteroatoms. The van der Waals surface area contributed by atoms with Gasteiger partial charge in [-0.2, -0.15) is 0 Å². The Morgan fingerprint density at radius 2 is 2.07 bits per heavy atom. The number of para-hydroxylation sites is 1. The first kappa shape index (κ1) is 22.2. The van der Waals surface area contributed by atoms with Gasteiger partial charge >= 0.3 is 0 Å². The minimum Gasteiger partial charge on any atom is -0.483 e. The van der Waals surface area contributed by atoms with Gasteiger partial charge in [-0.05, 0) is 37.3 Å². The standard InChI is InChI=1S/C21H20Cl2N4O2S/c1-3-11-27-20(14(2)29-16-8-6-7-15(22)12-16)25-26-21(27)30-13-19(28)24-18-10-5-4-9-17(18)23/h3-10,12,14H,1,11,13H2,2H3,(H,24,28). The molecule has 0 aliphatic rings. The van der Waals surface area contributed by atoms with Crippen LogP contribution in [0.5, 0.6) is 5.75 Å². The molecule has 156 valence electrons. The molecule has 0 fully saturated rings. The molecule has 0 aliphatic heterocycles. The molecule has 0 saturated heterocycles. The van der Waals surface area contributed by atoms with Crippen LogP contribution in [0.4, 0.5) is 5.69 Å².